The minimum absolute atomic E-state index is 0.0375. The molecule has 4 heteroatoms. The van der Waals surface area contributed by atoms with Gasteiger partial charge in [0.15, 0.2) is 12.1 Å². The third-order valence-electron chi connectivity index (χ3n) is 3.18. The van der Waals surface area contributed by atoms with E-state index in [1.54, 1.807) is 0 Å². The Balaban J connectivity index is 1.91. The van der Waals surface area contributed by atoms with Gasteiger partial charge in [0.1, 0.15) is 6.10 Å². The molecule has 2 rings (SSSR count). The van der Waals surface area contributed by atoms with Crippen LogP contribution < -0.4 is 0 Å². The van der Waals surface area contributed by atoms with E-state index in [9.17, 15) is 0 Å². The maximum Gasteiger partial charge on any atom is 0.163 e. The Morgan fingerprint density at radius 1 is 1.38 bits per heavy atom. The van der Waals surface area contributed by atoms with Gasteiger partial charge >= 0.3 is 0 Å². The van der Waals surface area contributed by atoms with Gasteiger partial charge in [-0.15, -0.1) is 0 Å². The van der Waals surface area contributed by atoms with Gasteiger partial charge in [0.25, 0.3) is 0 Å². The van der Waals surface area contributed by atoms with Gasteiger partial charge in [-0.25, -0.2) is 0 Å². The van der Waals surface area contributed by atoms with E-state index in [0.717, 1.165) is 6.42 Å². The third-order valence-corrected chi connectivity index (χ3v) is 3.18. The summed E-state index contributed by atoms with van der Waals surface area (Å²) in [6, 6.07) is 0. The fourth-order valence-corrected chi connectivity index (χ4v) is 2.43. The molecular weight excluding hydrogens is 208 g/mol. The van der Waals surface area contributed by atoms with Gasteiger partial charge in [0, 0.05) is 13.0 Å². The summed E-state index contributed by atoms with van der Waals surface area (Å²) in [4.78, 5) is 0. The molecule has 0 amide bonds. The highest BCUT2D eigenvalue weighted by molar-refractivity contribution is 4.86. The lowest BCUT2D eigenvalue weighted by Crippen LogP contribution is -2.34. The van der Waals surface area contributed by atoms with Crippen LogP contribution in [0.2, 0.25) is 0 Å². The molecule has 2 fully saturated rings. The number of hydrogen-bond acceptors (Lipinski definition) is 4. The molecule has 0 aliphatic carbocycles. The Hall–Kier alpha value is -0.160. The summed E-state index contributed by atoms with van der Waals surface area (Å²) in [5, 5.41) is 0. The minimum Gasteiger partial charge on any atom is -0.353 e. The van der Waals surface area contributed by atoms with Crippen molar-refractivity contribution in [1.29, 1.82) is 0 Å². The van der Waals surface area contributed by atoms with Gasteiger partial charge in [-0.3, -0.25) is 0 Å². The van der Waals surface area contributed by atoms with Crippen LogP contribution in [-0.2, 0) is 18.9 Å². The molecule has 0 aromatic carbocycles. The van der Waals surface area contributed by atoms with Crippen molar-refractivity contribution in [2.75, 3.05) is 13.2 Å². The third kappa shape index (κ3) is 2.56. The topological polar surface area (TPSA) is 36.9 Å². The number of rotatable bonds is 3. The van der Waals surface area contributed by atoms with E-state index >= 15 is 0 Å². The lowest BCUT2D eigenvalue weighted by molar-refractivity contribution is -0.181. The Bertz CT molecular complexity index is 241. The van der Waals surface area contributed by atoms with Crippen LogP contribution in [0.5, 0.6) is 0 Å². The predicted molar refractivity (Wildman–Crippen MR) is 59.0 cm³/mol. The molecule has 4 atom stereocenters. The summed E-state index contributed by atoms with van der Waals surface area (Å²) in [5.74, 6) is -0.0173. The molecule has 0 radical (unpaired) electrons. The van der Waals surface area contributed by atoms with E-state index in [-0.39, 0.29) is 18.5 Å². The average molecular weight is 230 g/mol. The van der Waals surface area contributed by atoms with Gasteiger partial charge in [0.2, 0.25) is 0 Å². The van der Waals surface area contributed by atoms with Crippen LogP contribution in [0.1, 0.15) is 34.1 Å². The van der Waals surface area contributed by atoms with Crippen molar-refractivity contribution < 1.29 is 18.9 Å². The molecule has 4 nitrogen and oxygen atoms in total. The zero-order valence-corrected chi connectivity index (χ0v) is 10.6. The first-order valence-electron chi connectivity index (χ1n) is 6.10. The Labute approximate surface area is 97.2 Å². The highest BCUT2D eigenvalue weighted by Gasteiger charge is 2.44. The molecule has 0 spiro atoms. The van der Waals surface area contributed by atoms with Crippen molar-refractivity contribution in [3.8, 4) is 0 Å². The maximum atomic E-state index is 5.86. The van der Waals surface area contributed by atoms with Crippen LogP contribution >= 0.6 is 0 Å². The first kappa shape index (κ1) is 12.3. The van der Waals surface area contributed by atoms with Crippen molar-refractivity contribution in [1.82, 2.24) is 0 Å². The molecule has 0 aromatic rings. The van der Waals surface area contributed by atoms with Crippen molar-refractivity contribution in [3.05, 3.63) is 0 Å². The van der Waals surface area contributed by atoms with E-state index in [1.807, 2.05) is 20.8 Å². The second-order valence-corrected chi connectivity index (χ2v) is 5.07. The number of hydrogen-bond donors (Lipinski definition) is 0. The number of ether oxygens (including phenoxy) is 4. The minimum atomic E-state index is -0.475. The molecule has 0 saturated carbocycles. The fourth-order valence-electron chi connectivity index (χ4n) is 2.43. The van der Waals surface area contributed by atoms with Gasteiger partial charge in [-0.1, -0.05) is 6.92 Å². The lowest BCUT2D eigenvalue weighted by atomic mass is 9.99. The second kappa shape index (κ2) is 4.61. The van der Waals surface area contributed by atoms with Crippen molar-refractivity contribution in [2.24, 2.45) is 5.92 Å². The lowest BCUT2D eigenvalue weighted by Gasteiger charge is -2.23. The molecular formula is C12H22O4. The maximum absolute atomic E-state index is 5.86. The van der Waals surface area contributed by atoms with E-state index in [4.69, 9.17) is 18.9 Å². The molecule has 0 N–H and O–H groups in total. The van der Waals surface area contributed by atoms with E-state index < -0.39 is 5.79 Å². The molecule has 0 bridgehead atoms. The zero-order valence-electron chi connectivity index (χ0n) is 10.6. The average Bonchev–Trinajstić information content (AvgIpc) is 2.70. The van der Waals surface area contributed by atoms with Crippen molar-refractivity contribution in [2.45, 2.75) is 58.4 Å². The standard InChI is InChI=1S/C12H22O4/c1-5-13-10-6-8(2)11(15-10)9-7-14-12(3,4)16-9/h8-11H,5-7H2,1-4H3/t8-,9-,10?,11-/m1/s1. The molecule has 1 unspecified atom stereocenters. The largest absolute Gasteiger partial charge is 0.353 e. The smallest absolute Gasteiger partial charge is 0.163 e. The van der Waals surface area contributed by atoms with Crippen LogP contribution in [0.25, 0.3) is 0 Å². The second-order valence-electron chi connectivity index (χ2n) is 5.07. The Morgan fingerprint density at radius 3 is 2.69 bits per heavy atom. The van der Waals surface area contributed by atoms with E-state index in [1.165, 1.54) is 0 Å². The highest BCUT2D eigenvalue weighted by Crippen LogP contribution is 2.35. The summed E-state index contributed by atoms with van der Waals surface area (Å²) in [6.07, 6.45) is 1.00. The highest BCUT2D eigenvalue weighted by atomic mass is 16.8. The Kier molecular flexibility index (Phi) is 3.54. The SMILES string of the molecule is CCOC1C[C@@H](C)[C@H]([C@H]2COC(C)(C)O2)O1. The van der Waals surface area contributed by atoms with Crippen LogP contribution in [0, 0.1) is 5.92 Å². The fraction of sp³-hybridized carbons (Fsp3) is 1.00. The van der Waals surface area contributed by atoms with Crippen LogP contribution in [0.3, 0.4) is 0 Å². The molecule has 2 aliphatic heterocycles. The monoisotopic (exact) mass is 230 g/mol. The van der Waals surface area contributed by atoms with E-state index in [2.05, 4.69) is 6.92 Å². The van der Waals surface area contributed by atoms with Gasteiger partial charge < -0.3 is 18.9 Å². The first-order chi connectivity index (χ1) is 7.52. The normalized spacial score (nSPS) is 42.8. The molecule has 2 aliphatic rings. The molecule has 2 saturated heterocycles. The van der Waals surface area contributed by atoms with Gasteiger partial charge in [-0.2, -0.15) is 0 Å². The summed E-state index contributed by atoms with van der Waals surface area (Å²) < 4.78 is 22.8. The molecule has 0 aromatic heterocycles. The van der Waals surface area contributed by atoms with Crippen LogP contribution in [0.15, 0.2) is 0 Å². The molecule has 94 valence electrons. The molecule has 16 heavy (non-hydrogen) atoms. The van der Waals surface area contributed by atoms with Gasteiger partial charge in [-0.05, 0) is 26.7 Å². The first-order valence-corrected chi connectivity index (χ1v) is 6.10. The van der Waals surface area contributed by atoms with Crippen molar-refractivity contribution >= 4 is 0 Å². The summed E-state index contributed by atoms with van der Waals surface area (Å²) >= 11 is 0. The van der Waals surface area contributed by atoms with Crippen molar-refractivity contribution in [3.63, 3.8) is 0 Å². The van der Waals surface area contributed by atoms with E-state index in [0.29, 0.717) is 19.1 Å². The summed E-state index contributed by atoms with van der Waals surface area (Å²) in [5.41, 5.74) is 0. The summed E-state index contributed by atoms with van der Waals surface area (Å²) in [7, 11) is 0. The quantitative estimate of drug-likeness (QED) is 0.742. The van der Waals surface area contributed by atoms with Crippen LogP contribution in [-0.4, -0.2) is 37.5 Å². The van der Waals surface area contributed by atoms with Crippen LogP contribution in [0.4, 0.5) is 0 Å². The van der Waals surface area contributed by atoms with Gasteiger partial charge in [0.05, 0.1) is 12.7 Å². The zero-order chi connectivity index (χ0) is 11.8. The summed E-state index contributed by atoms with van der Waals surface area (Å²) in [6.45, 7) is 9.34. The predicted octanol–water partition coefficient (Wildman–Crippen LogP) is 1.93. The Morgan fingerprint density at radius 2 is 2.12 bits per heavy atom. The molecule has 2 heterocycles.